The molecule has 0 bridgehead atoms. The Morgan fingerprint density at radius 1 is 1.27 bits per heavy atom. The summed E-state index contributed by atoms with van der Waals surface area (Å²) in [5.41, 5.74) is 1.46. The fourth-order valence-corrected chi connectivity index (χ4v) is 4.24. The molecule has 22 heavy (non-hydrogen) atoms. The molecule has 116 valence electrons. The summed E-state index contributed by atoms with van der Waals surface area (Å²) in [4.78, 5) is 0.205. The molecular weight excluding hydrogens is 302 g/mol. The summed E-state index contributed by atoms with van der Waals surface area (Å²) in [7, 11) is -3.75. The van der Waals surface area contributed by atoms with Gasteiger partial charge in [0, 0.05) is 0 Å². The van der Waals surface area contributed by atoms with Gasteiger partial charge in [-0.3, -0.25) is 4.31 Å². The Hall–Kier alpha value is -2.05. The average Bonchev–Trinajstić information content (AvgIpc) is 3.16. The highest BCUT2D eigenvalue weighted by molar-refractivity contribution is 7.89. The van der Waals surface area contributed by atoms with Gasteiger partial charge in [-0.25, -0.2) is 8.42 Å². The molecular formula is C16H17NO4S. The lowest BCUT2D eigenvalue weighted by Crippen LogP contribution is -2.37. The van der Waals surface area contributed by atoms with Crippen molar-refractivity contribution in [3.8, 4) is 0 Å². The van der Waals surface area contributed by atoms with Crippen LogP contribution in [0.15, 0.2) is 58.1 Å². The topological polar surface area (TPSA) is 70.8 Å². The van der Waals surface area contributed by atoms with Gasteiger partial charge in [-0.1, -0.05) is 23.8 Å². The average molecular weight is 319 g/mol. The minimum absolute atomic E-state index is 0.205. The number of aliphatic hydroxyl groups excluding tert-OH is 1. The van der Waals surface area contributed by atoms with Gasteiger partial charge in [-0.05, 0) is 37.6 Å². The molecule has 1 aromatic heterocycles. The molecule has 0 unspecified atom stereocenters. The monoisotopic (exact) mass is 319 g/mol. The maximum Gasteiger partial charge on any atom is 0.264 e. The Labute approximate surface area is 129 Å². The van der Waals surface area contributed by atoms with Crippen LogP contribution in [0.5, 0.6) is 0 Å². The van der Waals surface area contributed by atoms with Crippen LogP contribution in [0.2, 0.25) is 0 Å². The number of furan rings is 1. The second-order valence-corrected chi connectivity index (χ2v) is 7.07. The third kappa shape index (κ3) is 2.44. The molecule has 0 saturated carbocycles. The van der Waals surface area contributed by atoms with Crippen LogP contribution >= 0.6 is 0 Å². The van der Waals surface area contributed by atoms with Crippen molar-refractivity contribution in [3.63, 3.8) is 0 Å². The Morgan fingerprint density at radius 2 is 2.00 bits per heavy atom. The van der Waals surface area contributed by atoms with E-state index in [-0.39, 0.29) is 11.5 Å². The van der Waals surface area contributed by atoms with E-state index in [0.717, 1.165) is 5.56 Å². The molecule has 1 atom stereocenters. The lowest BCUT2D eigenvalue weighted by atomic mass is 10.2. The predicted octanol–water partition coefficient (Wildman–Crippen LogP) is 2.38. The number of nitrogens with zero attached hydrogens (tertiary/aromatic N) is 1. The van der Waals surface area contributed by atoms with Gasteiger partial charge in [0.05, 0.1) is 29.5 Å². The zero-order valence-electron chi connectivity index (χ0n) is 12.1. The van der Waals surface area contributed by atoms with Crippen LogP contribution in [0.25, 0.3) is 5.70 Å². The van der Waals surface area contributed by atoms with Crippen molar-refractivity contribution in [3.05, 3.63) is 60.1 Å². The summed E-state index contributed by atoms with van der Waals surface area (Å²) >= 11 is 0. The van der Waals surface area contributed by atoms with Crippen LogP contribution in [0.1, 0.15) is 17.7 Å². The molecule has 0 spiro atoms. The number of rotatable bonds is 4. The van der Waals surface area contributed by atoms with Gasteiger partial charge in [0.2, 0.25) is 0 Å². The number of aryl methyl sites for hydroxylation is 1. The second-order valence-electron chi connectivity index (χ2n) is 5.25. The zero-order chi connectivity index (χ0) is 15.7. The van der Waals surface area contributed by atoms with E-state index in [4.69, 9.17) is 4.42 Å². The maximum atomic E-state index is 13.0. The Kier molecular flexibility index (Phi) is 3.80. The summed E-state index contributed by atoms with van der Waals surface area (Å²) in [6, 6.07) is 9.59. The number of benzene rings is 1. The highest BCUT2D eigenvalue weighted by Gasteiger charge is 2.37. The third-order valence-corrected chi connectivity index (χ3v) is 5.60. The summed E-state index contributed by atoms with van der Waals surface area (Å²) in [5.74, 6) is 0.478. The Morgan fingerprint density at radius 3 is 2.59 bits per heavy atom. The minimum atomic E-state index is -3.75. The van der Waals surface area contributed by atoms with Crippen LogP contribution in [-0.4, -0.2) is 30.5 Å². The highest BCUT2D eigenvalue weighted by Crippen LogP contribution is 2.35. The van der Waals surface area contributed by atoms with Crippen molar-refractivity contribution in [2.75, 3.05) is 6.61 Å². The minimum Gasteiger partial charge on any atom is -0.463 e. The Bertz CT molecular complexity index is 776. The number of aliphatic hydroxyl groups is 1. The van der Waals surface area contributed by atoms with Crippen LogP contribution in [0, 0.1) is 6.92 Å². The van der Waals surface area contributed by atoms with Crippen LogP contribution < -0.4 is 0 Å². The van der Waals surface area contributed by atoms with Crippen molar-refractivity contribution < 1.29 is 17.9 Å². The van der Waals surface area contributed by atoms with Crippen molar-refractivity contribution in [2.24, 2.45) is 0 Å². The molecule has 1 aliphatic rings. The molecule has 5 nitrogen and oxygen atoms in total. The maximum absolute atomic E-state index is 13.0. The van der Waals surface area contributed by atoms with Gasteiger partial charge >= 0.3 is 0 Å². The standard InChI is InChI=1S/C16H17NO4S/c1-12-4-7-14(8-5-12)22(19,20)17-13(11-18)6-9-15(17)16-3-2-10-21-16/h2-5,7-10,13,18H,6,11H2,1H3/t13-/m0/s1. The normalized spacial score (nSPS) is 18.5. The highest BCUT2D eigenvalue weighted by atomic mass is 32.2. The third-order valence-electron chi connectivity index (χ3n) is 3.71. The number of hydrogen-bond donors (Lipinski definition) is 1. The smallest absolute Gasteiger partial charge is 0.264 e. The summed E-state index contributed by atoms with van der Waals surface area (Å²) in [6.45, 7) is 1.66. The zero-order valence-corrected chi connectivity index (χ0v) is 13.0. The van der Waals surface area contributed by atoms with Crippen molar-refractivity contribution in [1.82, 2.24) is 4.31 Å². The predicted molar refractivity (Wildman–Crippen MR) is 82.4 cm³/mol. The van der Waals surface area contributed by atoms with E-state index >= 15 is 0 Å². The molecule has 2 heterocycles. The van der Waals surface area contributed by atoms with E-state index in [1.807, 2.05) is 6.92 Å². The van der Waals surface area contributed by atoms with E-state index in [9.17, 15) is 13.5 Å². The molecule has 1 aliphatic heterocycles. The largest absolute Gasteiger partial charge is 0.463 e. The quantitative estimate of drug-likeness (QED) is 0.939. The van der Waals surface area contributed by atoms with Gasteiger partial charge in [0.25, 0.3) is 10.0 Å². The summed E-state index contributed by atoms with van der Waals surface area (Å²) in [6.07, 6.45) is 3.74. The first-order valence-electron chi connectivity index (χ1n) is 7.00. The lowest BCUT2D eigenvalue weighted by Gasteiger charge is -2.27. The molecule has 0 fully saturated rings. The molecule has 1 N–H and O–H groups in total. The first-order chi connectivity index (χ1) is 10.5. The number of hydrogen-bond acceptors (Lipinski definition) is 4. The molecule has 0 aliphatic carbocycles. The van der Waals surface area contributed by atoms with E-state index < -0.39 is 16.1 Å². The molecule has 0 amide bonds. The summed E-state index contributed by atoms with van der Waals surface area (Å²) in [5, 5.41) is 9.54. The van der Waals surface area contributed by atoms with Crippen molar-refractivity contribution in [1.29, 1.82) is 0 Å². The second kappa shape index (κ2) is 5.62. The first-order valence-corrected chi connectivity index (χ1v) is 8.44. The van der Waals surface area contributed by atoms with E-state index in [0.29, 0.717) is 17.9 Å². The molecule has 6 heteroatoms. The number of sulfonamides is 1. The fraction of sp³-hybridized carbons (Fsp3) is 0.250. The molecule has 0 radical (unpaired) electrons. The van der Waals surface area contributed by atoms with E-state index in [1.54, 1.807) is 42.5 Å². The Balaban J connectivity index is 2.05. The lowest BCUT2D eigenvalue weighted by molar-refractivity contribution is 0.224. The van der Waals surface area contributed by atoms with Gasteiger partial charge in [0.1, 0.15) is 0 Å². The van der Waals surface area contributed by atoms with Crippen molar-refractivity contribution in [2.45, 2.75) is 24.3 Å². The van der Waals surface area contributed by atoms with Crippen LogP contribution in [0.3, 0.4) is 0 Å². The summed E-state index contributed by atoms with van der Waals surface area (Å²) < 4.78 is 32.5. The fourth-order valence-electron chi connectivity index (χ4n) is 2.56. The first kappa shape index (κ1) is 14.9. The van der Waals surface area contributed by atoms with Crippen molar-refractivity contribution >= 4 is 15.7 Å². The van der Waals surface area contributed by atoms with Gasteiger partial charge < -0.3 is 9.52 Å². The van der Waals surface area contributed by atoms with Gasteiger partial charge in [-0.2, -0.15) is 0 Å². The molecule has 0 saturated heterocycles. The molecule has 3 rings (SSSR count). The van der Waals surface area contributed by atoms with Gasteiger partial charge in [-0.15, -0.1) is 0 Å². The van der Waals surface area contributed by atoms with E-state index in [2.05, 4.69) is 0 Å². The van der Waals surface area contributed by atoms with Gasteiger partial charge in [0.15, 0.2) is 5.76 Å². The SMILES string of the molecule is Cc1ccc(S(=O)(=O)N2C(c3ccco3)=CC[C@H]2CO)cc1. The molecule has 1 aromatic carbocycles. The van der Waals surface area contributed by atoms with Crippen LogP contribution in [0.4, 0.5) is 0 Å². The molecule has 2 aromatic rings. The van der Waals surface area contributed by atoms with E-state index in [1.165, 1.54) is 10.6 Å². The van der Waals surface area contributed by atoms with Crippen LogP contribution in [-0.2, 0) is 10.0 Å².